The molecule has 344 valence electrons. The molecule has 0 radical (unpaired) electrons. The maximum absolute atomic E-state index is 12.7. The molecule has 0 aliphatic heterocycles. The van der Waals surface area contributed by atoms with E-state index in [1.54, 1.807) is 0 Å². The van der Waals surface area contributed by atoms with Crippen molar-refractivity contribution >= 4 is 13.8 Å². The van der Waals surface area contributed by atoms with Crippen LogP contribution in [0.2, 0.25) is 0 Å². The smallest absolute Gasteiger partial charge is 0.457 e. The van der Waals surface area contributed by atoms with Crippen LogP contribution in [0.15, 0.2) is 60.8 Å². The van der Waals surface area contributed by atoms with Crippen LogP contribution >= 0.6 is 7.82 Å². The molecule has 0 aliphatic rings. The van der Waals surface area contributed by atoms with Gasteiger partial charge in [0.05, 0.1) is 34.4 Å². The summed E-state index contributed by atoms with van der Waals surface area (Å²) in [6, 6.07) is 0. The number of phosphoric ester groups is 1. The Morgan fingerprint density at radius 3 is 1.49 bits per heavy atom. The molecular weight excluding hydrogens is 758 g/mol. The largest absolute Gasteiger partial charge is 0.472 e. The van der Waals surface area contributed by atoms with Crippen molar-refractivity contribution in [2.24, 2.45) is 0 Å². The van der Waals surface area contributed by atoms with Crippen LogP contribution in [0.25, 0.3) is 0 Å². The Bertz CT molecular complexity index is 1130. The van der Waals surface area contributed by atoms with Gasteiger partial charge in [-0.2, -0.15) is 0 Å². The van der Waals surface area contributed by atoms with Crippen molar-refractivity contribution in [3.63, 3.8) is 0 Å². The second kappa shape index (κ2) is 42.9. The topological polar surface area (TPSA) is 91.3 Å². The normalized spacial score (nSPS) is 14.2. The fourth-order valence-corrected chi connectivity index (χ4v) is 7.10. The van der Waals surface area contributed by atoms with Gasteiger partial charge < -0.3 is 18.9 Å². The van der Waals surface area contributed by atoms with Crippen LogP contribution in [0.3, 0.4) is 0 Å². The summed E-state index contributed by atoms with van der Waals surface area (Å²) in [5.41, 5.74) is 0. The van der Waals surface area contributed by atoms with Gasteiger partial charge in [0.15, 0.2) is 0 Å². The fraction of sp³-hybridized carbons (Fsp3) is 0.780. The predicted molar refractivity (Wildman–Crippen MR) is 252 cm³/mol. The molecule has 2 unspecified atom stereocenters. The predicted octanol–water partition coefficient (Wildman–Crippen LogP) is 14.5. The van der Waals surface area contributed by atoms with Crippen LogP contribution in [0.4, 0.5) is 0 Å². The van der Waals surface area contributed by atoms with E-state index in [1.165, 1.54) is 109 Å². The van der Waals surface area contributed by atoms with Crippen LogP contribution in [-0.4, -0.2) is 75.6 Å². The van der Waals surface area contributed by atoms with Crippen LogP contribution in [0.1, 0.15) is 194 Å². The lowest BCUT2D eigenvalue weighted by atomic mass is 10.1. The molecule has 9 heteroatoms. The summed E-state index contributed by atoms with van der Waals surface area (Å²) in [5, 5.41) is 0. The van der Waals surface area contributed by atoms with E-state index < -0.39 is 13.9 Å². The number of allylic oxidation sites excluding steroid dienone is 10. The van der Waals surface area contributed by atoms with E-state index in [2.05, 4.69) is 74.6 Å². The summed E-state index contributed by atoms with van der Waals surface area (Å²) in [4.78, 5) is 23.0. The quantitative estimate of drug-likeness (QED) is 0.0215. The molecule has 2 atom stereocenters. The number of carbonyl (C=O) groups is 1. The van der Waals surface area contributed by atoms with E-state index in [0.717, 1.165) is 64.2 Å². The van der Waals surface area contributed by atoms with Crippen molar-refractivity contribution in [3.8, 4) is 0 Å². The highest BCUT2D eigenvalue weighted by Crippen LogP contribution is 2.43. The van der Waals surface area contributed by atoms with Crippen molar-refractivity contribution < 1.29 is 37.3 Å². The molecule has 8 nitrogen and oxygen atoms in total. The third kappa shape index (κ3) is 47.1. The van der Waals surface area contributed by atoms with Gasteiger partial charge in [0, 0.05) is 13.0 Å². The number of unbranched alkanes of at least 4 members (excludes halogenated alkanes) is 20. The number of likely N-dealkylation sites (N-methyl/N-ethyl adjacent to an activating group) is 1. The van der Waals surface area contributed by atoms with Gasteiger partial charge in [0.1, 0.15) is 19.3 Å². The summed E-state index contributed by atoms with van der Waals surface area (Å²) < 4.78 is 35.1. The van der Waals surface area contributed by atoms with Gasteiger partial charge in [-0.1, -0.05) is 171 Å². The molecule has 59 heavy (non-hydrogen) atoms. The number of hydrogen-bond donors (Lipinski definition) is 1. The first-order valence-corrected chi connectivity index (χ1v) is 25.5. The van der Waals surface area contributed by atoms with Crippen LogP contribution in [-0.2, 0) is 27.9 Å². The Balaban J connectivity index is 4.22. The fourth-order valence-electron chi connectivity index (χ4n) is 6.36. The van der Waals surface area contributed by atoms with E-state index in [1.807, 2.05) is 21.1 Å². The van der Waals surface area contributed by atoms with Gasteiger partial charge in [-0.3, -0.25) is 13.8 Å². The highest BCUT2D eigenvalue weighted by molar-refractivity contribution is 7.47. The van der Waals surface area contributed by atoms with E-state index in [9.17, 15) is 14.3 Å². The summed E-state index contributed by atoms with van der Waals surface area (Å²) in [6.45, 7) is 5.48. The first-order chi connectivity index (χ1) is 28.6. The van der Waals surface area contributed by atoms with Gasteiger partial charge >= 0.3 is 13.8 Å². The minimum absolute atomic E-state index is 0.0832. The maximum atomic E-state index is 12.7. The second-order valence-electron chi connectivity index (χ2n) is 17.1. The molecule has 0 saturated heterocycles. The number of ether oxygens (including phenoxy) is 2. The van der Waals surface area contributed by atoms with Gasteiger partial charge in [-0.15, -0.1) is 0 Å². The molecular formula is C50H93NO7P+. The Hall–Kier alpha value is -1.80. The van der Waals surface area contributed by atoms with Gasteiger partial charge in [-0.05, 0) is 77.0 Å². The maximum Gasteiger partial charge on any atom is 0.472 e. The Kier molecular flexibility index (Phi) is 41.6. The van der Waals surface area contributed by atoms with Crippen molar-refractivity contribution in [1.29, 1.82) is 0 Å². The highest BCUT2D eigenvalue weighted by atomic mass is 31.2. The van der Waals surface area contributed by atoms with Crippen molar-refractivity contribution in [1.82, 2.24) is 0 Å². The third-order valence-electron chi connectivity index (χ3n) is 10.1. The molecule has 0 aromatic carbocycles. The standard InChI is InChI=1S/C50H92NO7P/c1-6-8-10-12-14-16-18-20-22-24-25-26-28-30-32-34-36-38-40-42-45-55-47-49(48-57-59(53,54)56-46-44-51(3,4)5)58-50(52)43-41-39-37-35-33-31-29-27-23-21-19-17-15-13-11-9-7-2/h8,10,14,16,20-23,25-26,49H,6-7,9,11-13,15,17-19,24,27-48H2,1-5H3/p+1/b10-8-,16-14-,22-20-,23-21-,26-25-. The van der Waals surface area contributed by atoms with Gasteiger partial charge in [0.25, 0.3) is 0 Å². The number of carbonyl (C=O) groups excluding carboxylic acids is 1. The minimum atomic E-state index is -4.28. The molecule has 0 aliphatic carbocycles. The van der Waals surface area contributed by atoms with Crippen molar-refractivity contribution in [3.05, 3.63) is 60.8 Å². The Morgan fingerprint density at radius 1 is 0.542 bits per heavy atom. The molecule has 0 rings (SSSR count). The van der Waals surface area contributed by atoms with Gasteiger partial charge in [0.2, 0.25) is 0 Å². The monoisotopic (exact) mass is 851 g/mol. The molecule has 0 heterocycles. The molecule has 0 amide bonds. The van der Waals surface area contributed by atoms with E-state index in [0.29, 0.717) is 24.1 Å². The van der Waals surface area contributed by atoms with E-state index in [4.69, 9.17) is 18.5 Å². The zero-order valence-electron chi connectivity index (χ0n) is 39.0. The SMILES string of the molecule is CC/C=C\C/C=C\C/C=C\C/C=C\CCCCCCCCCOCC(COP(=O)(O)OCC[N+](C)(C)C)OC(=O)CCCCCCCCC/C=C\CCCCCCCC. The van der Waals surface area contributed by atoms with Crippen LogP contribution in [0, 0.1) is 0 Å². The van der Waals surface area contributed by atoms with Gasteiger partial charge in [-0.25, -0.2) is 4.57 Å². The number of esters is 1. The number of quaternary nitrogens is 1. The highest BCUT2D eigenvalue weighted by Gasteiger charge is 2.26. The number of nitrogens with zero attached hydrogens (tertiary/aromatic N) is 1. The molecule has 0 saturated carbocycles. The molecule has 0 spiro atoms. The summed E-state index contributed by atoms with van der Waals surface area (Å²) in [7, 11) is 1.65. The van der Waals surface area contributed by atoms with E-state index in [-0.39, 0.29) is 25.8 Å². The minimum Gasteiger partial charge on any atom is -0.457 e. The third-order valence-corrected chi connectivity index (χ3v) is 11.0. The number of phosphoric acid groups is 1. The summed E-state index contributed by atoms with van der Waals surface area (Å²) in [5.74, 6) is -0.323. The van der Waals surface area contributed by atoms with Crippen LogP contribution < -0.4 is 0 Å². The lowest BCUT2D eigenvalue weighted by Gasteiger charge is -2.24. The molecule has 0 bridgehead atoms. The second-order valence-corrected chi connectivity index (χ2v) is 18.6. The molecule has 0 fully saturated rings. The average Bonchev–Trinajstić information content (AvgIpc) is 3.19. The summed E-state index contributed by atoms with van der Waals surface area (Å²) in [6.07, 6.45) is 54.0. The zero-order chi connectivity index (χ0) is 43.4. The number of rotatable bonds is 44. The first kappa shape index (κ1) is 57.2. The van der Waals surface area contributed by atoms with Crippen molar-refractivity contribution in [2.75, 3.05) is 54.1 Å². The molecule has 0 aromatic heterocycles. The molecule has 0 aromatic rings. The molecule has 1 N–H and O–H groups in total. The lowest BCUT2D eigenvalue weighted by molar-refractivity contribution is -0.870. The first-order valence-electron chi connectivity index (χ1n) is 24.0. The average molecular weight is 851 g/mol. The van der Waals surface area contributed by atoms with Crippen molar-refractivity contribution in [2.45, 2.75) is 200 Å². The lowest BCUT2D eigenvalue weighted by Crippen LogP contribution is -2.37. The Morgan fingerprint density at radius 2 is 0.983 bits per heavy atom. The summed E-state index contributed by atoms with van der Waals surface area (Å²) >= 11 is 0. The zero-order valence-corrected chi connectivity index (χ0v) is 39.9. The Labute approximate surface area is 364 Å². The number of hydrogen-bond acceptors (Lipinski definition) is 6. The van der Waals surface area contributed by atoms with E-state index >= 15 is 0 Å². The van der Waals surface area contributed by atoms with Crippen LogP contribution in [0.5, 0.6) is 0 Å².